The maximum atomic E-state index is 13.0. The fourth-order valence-corrected chi connectivity index (χ4v) is 3.09. The first-order valence-corrected chi connectivity index (χ1v) is 9.57. The fourth-order valence-electron chi connectivity index (χ4n) is 3.09. The molecule has 1 N–H and O–H groups in total. The van der Waals surface area contributed by atoms with E-state index in [0.717, 1.165) is 11.1 Å². The van der Waals surface area contributed by atoms with Crippen molar-refractivity contribution in [3.05, 3.63) is 89.4 Å². The Kier molecular flexibility index (Phi) is 6.37. The SMILES string of the molecule is CCN(Cc1ccccc1)C(=O)c1cc(NC(C)c2ccccc2)nc(C)n1. The second-order valence-electron chi connectivity index (χ2n) is 6.77. The molecule has 0 saturated carbocycles. The largest absolute Gasteiger partial charge is 0.363 e. The van der Waals surface area contributed by atoms with Crippen molar-refractivity contribution in [3.8, 4) is 0 Å². The highest BCUT2D eigenvalue weighted by atomic mass is 16.2. The zero-order valence-corrected chi connectivity index (χ0v) is 16.6. The van der Waals surface area contributed by atoms with Gasteiger partial charge in [-0.25, -0.2) is 9.97 Å². The van der Waals surface area contributed by atoms with Gasteiger partial charge in [0.25, 0.3) is 5.91 Å². The van der Waals surface area contributed by atoms with Gasteiger partial charge in [0, 0.05) is 25.2 Å². The Morgan fingerprint density at radius 3 is 2.32 bits per heavy atom. The summed E-state index contributed by atoms with van der Waals surface area (Å²) >= 11 is 0. The third-order valence-corrected chi connectivity index (χ3v) is 4.61. The van der Waals surface area contributed by atoms with Crippen LogP contribution in [0.5, 0.6) is 0 Å². The number of aromatic nitrogens is 2. The van der Waals surface area contributed by atoms with Gasteiger partial charge in [-0.3, -0.25) is 4.79 Å². The van der Waals surface area contributed by atoms with Gasteiger partial charge in [-0.15, -0.1) is 0 Å². The lowest BCUT2D eigenvalue weighted by atomic mass is 10.1. The number of carbonyl (C=O) groups excluding carboxylic acids is 1. The lowest BCUT2D eigenvalue weighted by Gasteiger charge is -2.21. The van der Waals surface area contributed by atoms with Crippen molar-refractivity contribution < 1.29 is 4.79 Å². The predicted octanol–water partition coefficient (Wildman–Crippen LogP) is 4.62. The smallest absolute Gasteiger partial charge is 0.272 e. The Morgan fingerprint density at radius 2 is 1.68 bits per heavy atom. The lowest BCUT2D eigenvalue weighted by molar-refractivity contribution is 0.0746. The first-order valence-electron chi connectivity index (χ1n) is 9.57. The van der Waals surface area contributed by atoms with E-state index < -0.39 is 0 Å². The van der Waals surface area contributed by atoms with Crippen LogP contribution in [0.15, 0.2) is 66.7 Å². The van der Waals surface area contributed by atoms with Gasteiger partial charge in [-0.2, -0.15) is 0 Å². The number of aryl methyl sites for hydroxylation is 1. The molecule has 0 aliphatic heterocycles. The van der Waals surface area contributed by atoms with Crippen LogP contribution in [0.25, 0.3) is 0 Å². The van der Waals surface area contributed by atoms with Crippen LogP contribution in [0.1, 0.15) is 47.3 Å². The normalized spacial score (nSPS) is 11.7. The van der Waals surface area contributed by atoms with E-state index in [4.69, 9.17) is 0 Å². The summed E-state index contributed by atoms with van der Waals surface area (Å²) in [6.45, 7) is 7.03. The van der Waals surface area contributed by atoms with Crippen LogP contribution in [0.2, 0.25) is 0 Å². The topological polar surface area (TPSA) is 58.1 Å². The second kappa shape index (κ2) is 9.13. The molecule has 0 aliphatic carbocycles. The Balaban J connectivity index is 1.78. The van der Waals surface area contributed by atoms with Crippen LogP contribution in [0, 0.1) is 6.92 Å². The molecule has 28 heavy (non-hydrogen) atoms. The molecule has 1 unspecified atom stereocenters. The first kappa shape index (κ1) is 19.5. The molecule has 0 bridgehead atoms. The molecule has 3 aromatic rings. The van der Waals surface area contributed by atoms with Crippen LogP contribution >= 0.6 is 0 Å². The van der Waals surface area contributed by atoms with Gasteiger partial charge in [-0.05, 0) is 31.9 Å². The molecule has 1 amide bonds. The van der Waals surface area contributed by atoms with Crippen molar-refractivity contribution >= 4 is 11.7 Å². The number of amides is 1. The van der Waals surface area contributed by atoms with E-state index in [1.807, 2.05) is 62.4 Å². The molecule has 1 heterocycles. The number of hydrogen-bond acceptors (Lipinski definition) is 4. The van der Waals surface area contributed by atoms with Gasteiger partial charge in [0.1, 0.15) is 17.3 Å². The molecular weight excluding hydrogens is 348 g/mol. The summed E-state index contributed by atoms with van der Waals surface area (Å²) in [5.41, 5.74) is 2.67. The standard InChI is InChI=1S/C23H26N4O/c1-4-27(16-19-11-7-5-8-12-19)23(28)21-15-22(26-18(3)25-21)24-17(2)20-13-9-6-10-14-20/h5-15,17H,4,16H2,1-3H3,(H,24,25,26). The van der Waals surface area contributed by atoms with Gasteiger partial charge in [0.05, 0.1) is 0 Å². The van der Waals surface area contributed by atoms with Crippen molar-refractivity contribution in [2.45, 2.75) is 33.4 Å². The minimum Gasteiger partial charge on any atom is -0.363 e. The van der Waals surface area contributed by atoms with Gasteiger partial charge < -0.3 is 10.2 Å². The Hall–Kier alpha value is -3.21. The zero-order valence-electron chi connectivity index (χ0n) is 16.6. The highest BCUT2D eigenvalue weighted by Crippen LogP contribution is 2.19. The Morgan fingerprint density at radius 1 is 1.04 bits per heavy atom. The molecule has 0 aliphatic rings. The van der Waals surface area contributed by atoms with Crippen molar-refractivity contribution in [1.82, 2.24) is 14.9 Å². The summed E-state index contributed by atoms with van der Waals surface area (Å²) in [5.74, 6) is 1.14. The third kappa shape index (κ3) is 4.94. The Bertz CT molecular complexity index is 912. The number of nitrogens with one attached hydrogen (secondary N) is 1. The highest BCUT2D eigenvalue weighted by molar-refractivity contribution is 5.93. The molecule has 2 aromatic carbocycles. The average Bonchev–Trinajstić information content (AvgIpc) is 2.72. The van der Waals surface area contributed by atoms with Crippen molar-refractivity contribution in [3.63, 3.8) is 0 Å². The van der Waals surface area contributed by atoms with E-state index in [0.29, 0.717) is 30.4 Å². The number of rotatable bonds is 7. The summed E-state index contributed by atoms with van der Waals surface area (Å²) in [5, 5.41) is 3.38. The van der Waals surface area contributed by atoms with Crippen LogP contribution in [-0.2, 0) is 6.54 Å². The maximum absolute atomic E-state index is 13.0. The number of anilines is 1. The average molecular weight is 374 g/mol. The van der Waals surface area contributed by atoms with E-state index in [-0.39, 0.29) is 11.9 Å². The number of benzene rings is 2. The van der Waals surface area contributed by atoms with Gasteiger partial charge in [0.2, 0.25) is 0 Å². The highest BCUT2D eigenvalue weighted by Gasteiger charge is 2.18. The van der Waals surface area contributed by atoms with Gasteiger partial charge in [-0.1, -0.05) is 60.7 Å². The minimum atomic E-state index is -0.0905. The van der Waals surface area contributed by atoms with E-state index in [9.17, 15) is 4.79 Å². The fraction of sp³-hybridized carbons (Fsp3) is 0.261. The molecule has 144 valence electrons. The molecule has 0 saturated heterocycles. The molecule has 5 nitrogen and oxygen atoms in total. The predicted molar refractivity (Wildman–Crippen MR) is 112 cm³/mol. The van der Waals surface area contributed by atoms with E-state index in [1.54, 1.807) is 11.0 Å². The second-order valence-corrected chi connectivity index (χ2v) is 6.77. The molecule has 0 fully saturated rings. The molecule has 1 atom stereocenters. The molecule has 0 spiro atoms. The quantitative estimate of drug-likeness (QED) is 0.655. The van der Waals surface area contributed by atoms with Crippen LogP contribution in [0.3, 0.4) is 0 Å². The van der Waals surface area contributed by atoms with Crippen molar-refractivity contribution in [2.75, 3.05) is 11.9 Å². The third-order valence-electron chi connectivity index (χ3n) is 4.61. The van der Waals surface area contributed by atoms with E-state index in [2.05, 4.69) is 34.3 Å². The van der Waals surface area contributed by atoms with Crippen LogP contribution < -0.4 is 5.32 Å². The summed E-state index contributed by atoms with van der Waals surface area (Å²) in [4.78, 5) is 23.7. The molecule has 5 heteroatoms. The van der Waals surface area contributed by atoms with E-state index >= 15 is 0 Å². The van der Waals surface area contributed by atoms with Crippen molar-refractivity contribution in [2.24, 2.45) is 0 Å². The summed E-state index contributed by atoms with van der Waals surface area (Å²) < 4.78 is 0. The molecule has 0 radical (unpaired) electrons. The zero-order chi connectivity index (χ0) is 19.9. The monoisotopic (exact) mass is 374 g/mol. The Labute approximate surface area is 166 Å². The summed E-state index contributed by atoms with van der Waals surface area (Å²) in [6.07, 6.45) is 0. The number of nitrogens with zero attached hydrogens (tertiary/aromatic N) is 3. The van der Waals surface area contributed by atoms with Crippen LogP contribution in [-0.4, -0.2) is 27.3 Å². The summed E-state index contributed by atoms with van der Waals surface area (Å²) in [6, 6.07) is 21.9. The van der Waals surface area contributed by atoms with Gasteiger partial charge >= 0.3 is 0 Å². The van der Waals surface area contributed by atoms with Crippen molar-refractivity contribution in [1.29, 1.82) is 0 Å². The molecule has 1 aromatic heterocycles. The maximum Gasteiger partial charge on any atom is 0.272 e. The minimum absolute atomic E-state index is 0.0741. The molecule has 3 rings (SSSR count). The number of carbonyl (C=O) groups is 1. The first-order chi connectivity index (χ1) is 13.6. The van der Waals surface area contributed by atoms with Gasteiger partial charge in [0.15, 0.2) is 0 Å². The molecular formula is C23H26N4O. The summed E-state index contributed by atoms with van der Waals surface area (Å²) in [7, 11) is 0. The van der Waals surface area contributed by atoms with Crippen LogP contribution in [0.4, 0.5) is 5.82 Å². The van der Waals surface area contributed by atoms with E-state index in [1.165, 1.54) is 0 Å². The lowest BCUT2D eigenvalue weighted by Crippen LogP contribution is -2.31. The number of hydrogen-bond donors (Lipinski definition) is 1.